The first kappa shape index (κ1) is 12.8. The van der Waals surface area contributed by atoms with Crippen LogP contribution in [0.1, 0.15) is 38.2 Å². The maximum absolute atomic E-state index is 13.7. The van der Waals surface area contributed by atoms with Gasteiger partial charge < -0.3 is 5.11 Å². The van der Waals surface area contributed by atoms with E-state index in [4.69, 9.17) is 11.6 Å². The molecule has 0 amide bonds. The van der Waals surface area contributed by atoms with Gasteiger partial charge in [0.25, 0.3) is 0 Å². The lowest BCUT2D eigenvalue weighted by molar-refractivity contribution is 0.0197. The third kappa shape index (κ3) is 3.20. The highest BCUT2D eigenvalue weighted by Gasteiger charge is 2.30. The lowest BCUT2D eigenvalue weighted by Crippen LogP contribution is -2.32. The molecule has 0 radical (unpaired) electrons. The Morgan fingerprint density at radius 1 is 1.47 bits per heavy atom. The minimum atomic E-state index is -0.837. The largest absolute Gasteiger partial charge is 0.390 e. The van der Waals surface area contributed by atoms with Crippen LogP contribution in [0.5, 0.6) is 0 Å². The quantitative estimate of drug-likeness (QED) is 0.865. The number of rotatable bonds is 4. The number of benzene rings is 1. The Kier molecular flexibility index (Phi) is 3.74. The highest BCUT2D eigenvalue weighted by molar-refractivity contribution is 6.30. The fraction of sp³-hybridized carbons (Fsp3) is 0.571. The van der Waals surface area contributed by atoms with E-state index in [-0.39, 0.29) is 5.02 Å². The zero-order valence-electron chi connectivity index (χ0n) is 10.0. The van der Waals surface area contributed by atoms with E-state index in [9.17, 15) is 9.50 Å². The van der Waals surface area contributed by atoms with Gasteiger partial charge in [0, 0.05) is 6.42 Å². The van der Waals surface area contributed by atoms with Crippen LogP contribution in [-0.4, -0.2) is 10.7 Å². The second-order valence-electron chi connectivity index (χ2n) is 5.39. The molecule has 94 valence electrons. The predicted molar refractivity (Wildman–Crippen MR) is 67.7 cm³/mol. The molecule has 17 heavy (non-hydrogen) atoms. The van der Waals surface area contributed by atoms with Gasteiger partial charge in [-0.25, -0.2) is 4.39 Å². The van der Waals surface area contributed by atoms with E-state index in [1.807, 2.05) is 0 Å². The van der Waals surface area contributed by atoms with Gasteiger partial charge in [0.15, 0.2) is 0 Å². The molecule has 1 aromatic rings. The summed E-state index contributed by atoms with van der Waals surface area (Å²) in [6.07, 6.45) is 4.71. The Morgan fingerprint density at radius 3 is 2.76 bits per heavy atom. The van der Waals surface area contributed by atoms with Crippen molar-refractivity contribution >= 4 is 11.6 Å². The molecule has 0 bridgehead atoms. The van der Waals surface area contributed by atoms with Gasteiger partial charge in [-0.3, -0.25) is 0 Å². The predicted octanol–water partition coefficient (Wildman–Crippen LogP) is 3.96. The Bertz CT molecular complexity index is 399. The normalized spacial score (nSPS) is 19.8. The van der Waals surface area contributed by atoms with E-state index < -0.39 is 11.4 Å². The second-order valence-corrected chi connectivity index (χ2v) is 5.79. The van der Waals surface area contributed by atoms with Crippen LogP contribution < -0.4 is 0 Å². The van der Waals surface area contributed by atoms with Gasteiger partial charge >= 0.3 is 0 Å². The molecule has 3 heteroatoms. The smallest absolute Gasteiger partial charge is 0.145 e. The summed E-state index contributed by atoms with van der Waals surface area (Å²) >= 11 is 5.73. The summed E-state index contributed by atoms with van der Waals surface area (Å²) in [6.45, 7) is 1.78. The Hall–Kier alpha value is -0.600. The number of aliphatic hydroxyl groups is 1. The molecule has 0 spiro atoms. The van der Waals surface area contributed by atoms with E-state index in [1.165, 1.54) is 25.3 Å². The molecule has 1 N–H and O–H groups in total. The van der Waals surface area contributed by atoms with Crippen molar-refractivity contribution in [1.29, 1.82) is 0 Å². The number of halogens is 2. The highest BCUT2D eigenvalue weighted by atomic mass is 35.5. The first-order chi connectivity index (χ1) is 7.98. The molecular formula is C14H18ClFO. The van der Waals surface area contributed by atoms with E-state index in [1.54, 1.807) is 19.1 Å². The van der Waals surface area contributed by atoms with Crippen LogP contribution in [0.25, 0.3) is 0 Å². The van der Waals surface area contributed by atoms with Gasteiger partial charge in [0.1, 0.15) is 5.82 Å². The summed E-state index contributed by atoms with van der Waals surface area (Å²) in [6, 6.07) is 4.94. The third-order valence-corrected chi connectivity index (χ3v) is 3.85. The molecule has 1 fully saturated rings. The van der Waals surface area contributed by atoms with Gasteiger partial charge in [-0.05, 0) is 30.9 Å². The van der Waals surface area contributed by atoms with Crippen LogP contribution in [0.15, 0.2) is 18.2 Å². The Labute approximate surface area is 107 Å². The maximum Gasteiger partial charge on any atom is 0.145 e. The molecule has 0 heterocycles. The standard InChI is InChI=1S/C14H18ClFO/c1-14(17,8-10-4-2-5-10)9-11-6-3-7-12(15)13(11)16/h3,6-7,10,17H,2,4-5,8-9H2,1H3. The minimum absolute atomic E-state index is 0.127. The van der Waals surface area contributed by atoms with Crippen LogP contribution in [-0.2, 0) is 6.42 Å². The second kappa shape index (κ2) is 4.95. The summed E-state index contributed by atoms with van der Waals surface area (Å²) in [4.78, 5) is 0. The van der Waals surface area contributed by atoms with Crippen LogP contribution >= 0.6 is 11.6 Å². The lowest BCUT2D eigenvalue weighted by Gasteiger charge is -2.33. The molecule has 1 aromatic carbocycles. The summed E-state index contributed by atoms with van der Waals surface area (Å²) < 4.78 is 13.7. The molecule has 1 aliphatic carbocycles. The number of hydrogen-bond acceptors (Lipinski definition) is 1. The molecule has 1 saturated carbocycles. The van der Waals surface area contributed by atoms with Crippen molar-refractivity contribution in [2.45, 2.75) is 44.6 Å². The van der Waals surface area contributed by atoms with Crippen molar-refractivity contribution in [3.8, 4) is 0 Å². The first-order valence-corrected chi connectivity index (χ1v) is 6.51. The van der Waals surface area contributed by atoms with Crippen molar-refractivity contribution in [3.63, 3.8) is 0 Å². The van der Waals surface area contributed by atoms with Gasteiger partial charge in [0.2, 0.25) is 0 Å². The lowest BCUT2D eigenvalue weighted by atomic mass is 9.76. The molecule has 0 saturated heterocycles. The molecule has 1 atom stereocenters. The molecule has 2 rings (SSSR count). The van der Waals surface area contributed by atoms with E-state index in [0.29, 0.717) is 17.9 Å². The van der Waals surface area contributed by atoms with E-state index >= 15 is 0 Å². The van der Waals surface area contributed by atoms with E-state index in [2.05, 4.69) is 0 Å². The van der Waals surface area contributed by atoms with E-state index in [0.717, 1.165) is 6.42 Å². The summed E-state index contributed by atoms with van der Waals surface area (Å²) in [5.41, 5.74) is -0.335. The molecule has 1 aliphatic rings. The SMILES string of the molecule is CC(O)(Cc1cccc(Cl)c1F)CC1CCC1. The van der Waals surface area contributed by atoms with Crippen molar-refractivity contribution in [3.05, 3.63) is 34.6 Å². The van der Waals surface area contributed by atoms with Crippen LogP contribution in [0.4, 0.5) is 4.39 Å². The van der Waals surface area contributed by atoms with Crippen molar-refractivity contribution in [1.82, 2.24) is 0 Å². The molecule has 0 aromatic heterocycles. The van der Waals surface area contributed by atoms with Crippen LogP contribution in [0.3, 0.4) is 0 Å². The van der Waals surface area contributed by atoms with Crippen molar-refractivity contribution in [2.75, 3.05) is 0 Å². The summed E-state index contributed by atoms with van der Waals surface area (Å²) in [5, 5.41) is 10.4. The fourth-order valence-corrected chi connectivity index (χ4v) is 2.68. The van der Waals surface area contributed by atoms with Crippen molar-refractivity contribution < 1.29 is 9.50 Å². The zero-order valence-corrected chi connectivity index (χ0v) is 10.8. The number of hydrogen-bond donors (Lipinski definition) is 1. The molecule has 1 nitrogen and oxygen atoms in total. The topological polar surface area (TPSA) is 20.2 Å². The molecule has 1 unspecified atom stereocenters. The summed E-state index contributed by atoms with van der Waals surface area (Å²) in [7, 11) is 0. The van der Waals surface area contributed by atoms with Crippen LogP contribution in [0.2, 0.25) is 5.02 Å². The minimum Gasteiger partial charge on any atom is -0.390 e. The highest BCUT2D eigenvalue weighted by Crippen LogP contribution is 2.35. The third-order valence-electron chi connectivity index (χ3n) is 3.56. The van der Waals surface area contributed by atoms with Gasteiger partial charge in [-0.15, -0.1) is 0 Å². The zero-order chi connectivity index (χ0) is 12.5. The van der Waals surface area contributed by atoms with Gasteiger partial charge in [-0.2, -0.15) is 0 Å². The van der Waals surface area contributed by atoms with Crippen LogP contribution in [0, 0.1) is 11.7 Å². The first-order valence-electron chi connectivity index (χ1n) is 6.13. The fourth-order valence-electron chi connectivity index (χ4n) is 2.49. The van der Waals surface area contributed by atoms with Crippen molar-refractivity contribution in [2.24, 2.45) is 5.92 Å². The molecular weight excluding hydrogens is 239 g/mol. The molecule has 0 aliphatic heterocycles. The Balaban J connectivity index is 2.05. The average molecular weight is 257 g/mol. The maximum atomic E-state index is 13.7. The summed E-state index contributed by atoms with van der Waals surface area (Å²) in [5.74, 6) is 0.204. The van der Waals surface area contributed by atoms with Gasteiger partial charge in [-0.1, -0.05) is 43.0 Å². The Morgan fingerprint density at radius 2 is 2.18 bits per heavy atom. The van der Waals surface area contributed by atoms with Gasteiger partial charge in [0.05, 0.1) is 10.6 Å². The monoisotopic (exact) mass is 256 g/mol. The average Bonchev–Trinajstić information content (AvgIpc) is 2.19.